The summed E-state index contributed by atoms with van der Waals surface area (Å²) in [7, 11) is 0. The second-order valence-electron chi connectivity index (χ2n) is 7.60. The maximum Gasteiger partial charge on any atom is 0.338 e. The lowest BCUT2D eigenvalue weighted by Crippen LogP contribution is -2.54. The van der Waals surface area contributed by atoms with Crippen LogP contribution in [0, 0.1) is 13.8 Å². The van der Waals surface area contributed by atoms with Crippen molar-refractivity contribution in [3.05, 3.63) is 82.9 Å². The molecule has 0 bridgehead atoms. The zero-order chi connectivity index (χ0) is 24.4. The maximum absolute atomic E-state index is 13.1. The molecular formula is C25H22N4O5. The quantitative estimate of drug-likeness (QED) is 0.357. The number of hydrogen-bond acceptors (Lipinski definition) is 6. The minimum absolute atomic E-state index is 0.177. The molecule has 9 heteroatoms. The van der Waals surface area contributed by atoms with Gasteiger partial charge in [-0.25, -0.2) is 14.5 Å². The van der Waals surface area contributed by atoms with E-state index in [2.05, 4.69) is 10.3 Å². The molecule has 0 atom stereocenters. The zero-order valence-electron chi connectivity index (χ0n) is 18.9. The topological polar surface area (TPSA) is 111 Å². The van der Waals surface area contributed by atoms with Crippen LogP contribution in [-0.2, 0) is 14.3 Å². The van der Waals surface area contributed by atoms with Crippen molar-refractivity contribution in [2.75, 3.05) is 11.5 Å². The van der Waals surface area contributed by atoms with E-state index in [1.165, 1.54) is 18.5 Å². The molecule has 3 aromatic rings. The molecule has 3 heterocycles. The molecule has 1 aliphatic rings. The van der Waals surface area contributed by atoms with Gasteiger partial charge in [-0.15, -0.1) is 0 Å². The van der Waals surface area contributed by atoms with Crippen LogP contribution in [0.1, 0.15) is 34.2 Å². The number of amides is 4. The Morgan fingerprint density at radius 1 is 1.09 bits per heavy atom. The molecule has 1 aromatic carbocycles. The van der Waals surface area contributed by atoms with E-state index >= 15 is 0 Å². The molecule has 1 aliphatic heterocycles. The van der Waals surface area contributed by atoms with Crippen LogP contribution in [-0.4, -0.2) is 40.0 Å². The van der Waals surface area contributed by atoms with Gasteiger partial charge < -0.3 is 9.30 Å². The van der Waals surface area contributed by atoms with Crippen LogP contribution in [0.4, 0.5) is 10.5 Å². The van der Waals surface area contributed by atoms with Gasteiger partial charge in [0, 0.05) is 23.3 Å². The molecule has 34 heavy (non-hydrogen) atoms. The van der Waals surface area contributed by atoms with E-state index in [0.717, 1.165) is 22.0 Å². The first kappa shape index (κ1) is 22.7. The smallest absolute Gasteiger partial charge is 0.338 e. The Hall–Kier alpha value is -4.53. The third-order valence-electron chi connectivity index (χ3n) is 5.39. The molecule has 4 amide bonds. The van der Waals surface area contributed by atoms with E-state index < -0.39 is 23.8 Å². The third-order valence-corrected chi connectivity index (χ3v) is 5.39. The standard InChI is InChI=1S/C25H22N4O5/c1-4-34-24(32)17-7-5-8-19(12-17)28-15(2)11-18(16(28)3)13-21-22(30)27-25(33)29(23(21)31)20-9-6-10-26-14-20/h5-14H,4H2,1-3H3,(H,27,30,33)/b21-13+. The Kier molecular flexibility index (Phi) is 6.09. The molecule has 0 spiro atoms. The Morgan fingerprint density at radius 3 is 2.56 bits per heavy atom. The van der Waals surface area contributed by atoms with E-state index in [1.54, 1.807) is 37.3 Å². The molecule has 0 aliphatic carbocycles. The van der Waals surface area contributed by atoms with Crippen molar-refractivity contribution in [2.45, 2.75) is 20.8 Å². The van der Waals surface area contributed by atoms with Crippen molar-refractivity contribution >= 4 is 35.6 Å². The summed E-state index contributed by atoms with van der Waals surface area (Å²) >= 11 is 0. The number of ether oxygens (including phenoxy) is 1. The number of hydrogen-bond donors (Lipinski definition) is 1. The van der Waals surface area contributed by atoms with Crippen LogP contribution >= 0.6 is 0 Å². The summed E-state index contributed by atoms with van der Waals surface area (Å²) in [4.78, 5) is 54.9. The van der Waals surface area contributed by atoms with Gasteiger partial charge in [0.2, 0.25) is 0 Å². The van der Waals surface area contributed by atoms with Gasteiger partial charge >= 0.3 is 12.0 Å². The number of esters is 1. The molecule has 1 fully saturated rings. The predicted molar refractivity (Wildman–Crippen MR) is 124 cm³/mol. The van der Waals surface area contributed by atoms with Crippen LogP contribution in [0.2, 0.25) is 0 Å². The molecule has 0 radical (unpaired) electrons. The molecule has 172 valence electrons. The van der Waals surface area contributed by atoms with Crippen molar-refractivity contribution in [2.24, 2.45) is 0 Å². The number of rotatable bonds is 5. The SMILES string of the molecule is CCOC(=O)c1cccc(-n2c(C)cc(/C=C3\C(=O)NC(=O)N(c4cccnc4)C3=O)c2C)c1. The average molecular weight is 458 g/mol. The highest BCUT2D eigenvalue weighted by Gasteiger charge is 2.37. The third kappa shape index (κ3) is 4.11. The van der Waals surface area contributed by atoms with Gasteiger partial charge in [0.05, 0.1) is 24.1 Å². The fraction of sp³-hybridized carbons (Fsp3) is 0.160. The monoisotopic (exact) mass is 458 g/mol. The Labute approximate surface area is 195 Å². The highest BCUT2D eigenvalue weighted by Crippen LogP contribution is 2.26. The van der Waals surface area contributed by atoms with E-state index in [9.17, 15) is 19.2 Å². The average Bonchev–Trinajstić information content (AvgIpc) is 3.10. The molecule has 1 saturated heterocycles. The number of aromatic nitrogens is 2. The number of nitrogens with zero attached hydrogens (tertiary/aromatic N) is 3. The van der Waals surface area contributed by atoms with E-state index in [0.29, 0.717) is 11.1 Å². The number of imide groups is 2. The number of carbonyl (C=O) groups excluding carboxylic acids is 4. The first-order chi connectivity index (χ1) is 16.3. The summed E-state index contributed by atoms with van der Waals surface area (Å²) in [5.74, 6) is -1.93. The van der Waals surface area contributed by atoms with Crippen LogP contribution in [0.5, 0.6) is 0 Å². The van der Waals surface area contributed by atoms with Crippen LogP contribution < -0.4 is 10.2 Å². The van der Waals surface area contributed by atoms with Crippen LogP contribution in [0.3, 0.4) is 0 Å². The Morgan fingerprint density at radius 2 is 1.85 bits per heavy atom. The summed E-state index contributed by atoms with van der Waals surface area (Å²) in [6.07, 6.45) is 4.35. The molecule has 9 nitrogen and oxygen atoms in total. The Balaban J connectivity index is 1.73. The largest absolute Gasteiger partial charge is 0.462 e. The molecular weight excluding hydrogens is 436 g/mol. The van der Waals surface area contributed by atoms with E-state index in [4.69, 9.17) is 4.74 Å². The lowest BCUT2D eigenvalue weighted by Gasteiger charge is -2.26. The summed E-state index contributed by atoms with van der Waals surface area (Å²) < 4.78 is 6.99. The molecule has 0 unspecified atom stereocenters. The number of aryl methyl sites for hydroxylation is 1. The minimum atomic E-state index is -0.832. The number of nitrogens with one attached hydrogen (secondary N) is 1. The van der Waals surface area contributed by atoms with Gasteiger partial charge in [-0.2, -0.15) is 0 Å². The number of carbonyl (C=O) groups is 4. The maximum atomic E-state index is 13.1. The minimum Gasteiger partial charge on any atom is -0.462 e. The zero-order valence-corrected chi connectivity index (χ0v) is 18.9. The number of benzene rings is 1. The lowest BCUT2D eigenvalue weighted by atomic mass is 10.1. The van der Waals surface area contributed by atoms with Gasteiger partial charge in [0.1, 0.15) is 5.57 Å². The summed E-state index contributed by atoms with van der Waals surface area (Å²) in [5.41, 5.74) is 3.42. The highest BCUT2D eigenvalue weighted by atomic mass is 16.5. The van der Waals surface area contributed by atoms with Crippen molar-refractivity contribution in [1.82, 2.24) is 14.9 Å². The predicted octanol–water partition coefficient (Wildman–Crippen LogP) is 3.33. The first-order valence-electron chi connectivity index (χ1n) is 10.6. The van der Waals surface area contributed by atoms with Gasteiger partial charge in [-0.3, -0.25) is 19.9 Å². The number of barbiturate groups is 1. The second kappa shape index (κ2) is 9.14. The normalized spacial score (nSPS) is 15.0. The van der Waals surface area contributed by atoms with Gasteiger partial charge in [-0.1, -0.05) is 6.07 Å². The lowest BCUT2D eigenvalue weighted by molar-refractivity contribution is -0.122. The van der Waals surface area contributed by atoms with Crippen molar-refractivity contribution < 1.29 is 23.9 Å². The molecule has 0 saturated carbocycles. The van der Waals surface area contributed by atoms with E-state index in [1.807, 2.05) is 30.5 Å². The number of anilines is 1. The van der Waals surface area contributed by atoms with Crippen LogP contribution in [0.15, 0.2) is 60.4 Å². The summed E-state index contributed by atoms with van der Waals surface area (Å²) in [6, 6.07) is 11.1. The second-order valence-corrected chi connectivity index (χ2v) is 7.60. The molecule has 1 N–H and O–H groups in total. The number of urea groups is 1. The molecule has 2 aromatic heterocycles. The number of pyridine rings is 1. The van der Waals surface area contributed by atoms with Gasteiger partial charge in [0.15, 0.2) is 0 Å². The van der Waals surface area contributed by atoms with Crippen LogP contribution in [0.25, 0.3) is 11.8 Å². The van der Waals surface area contributed by atoms with E-state index in [-0.39, 0.29) is 17.9 Å². The van der Waals surface area contributed by atoms with Gasteiger partial charge in [-0.05, 0) is 68.8 Å². The molecule has 4 rings (SSSR count). The fourth-order valence-corrected chi connectivity index (χ4v) is 3.85. The summed E-state index contributed by atoms with van der Waals surface area (Å²) in [6.45, 7) is 5.73. The van der Waals surface area contributed by atoms with Crippen molar-refractivity contribution in [1.29, 1.82) is 0 Å². The highest BCUT2D eigenvalue weighted by molar-refractivity contribution is 6.39. The summed E-state index contributed by atoms with van der Waals surface area (Å²) in [5, 5.41) is 2.21. The van der Waals surface area contributed by atoms with Crippen molar-refractivity contribution in [3.63, 3.8) is 0 Å². The Bertz CT molecular complexity index is 1340. The first-order valence-corrected chi connectivity index (χ1v) is 10.6. The fourth-order valence-electron chi connectivity index (χ4n) is 3.85. The van der Waals surface area contributed by atoms with Crippen molar-refractivity contribution in [3.8, 4) is 5.69 Å². The van der Waals surface area contributed by atoms with Gasteiger partial charge in [0.25, 0.3) is 11.8 Å².